The molecule has 1 aromatic rings. The number of amides is 1. The van der Waals surface area contributed by atoms with Crippen LogP contribution in [0.3, 0.4) is 0 Å². The fraction of sp³-hybridized carbons (Fsp3) is 0.611. The second kappa shape index (κ2) is 7.13. The molecule has 3 nitrogen and oxygen atoms in total. The van der Waals surface area contributed by atoms with Crippen molar-refractivity contribution >= 4 is 11.6 Å². The molecule has 1 heterocycles. The largest absolute Gasteiger partial charge is 0.418 e. The summed E-state index contributed by atoms with van der Waals surface area (Å²) in [6.45, 7) is 1.20. The summed E-state index contributed by atoms with van der Waals surface area (Å²) in [6, 6.07) is 5.66. The van der Waals surface area contributed by atoms with Crippen LogP contribution in [0.4, 0.5) is 18.9 Å². The van der Waals surface area contributed by atoms with Crippen LogP contribution in [-0.4, -0.2) is 25.0 Å². The number of alkyl halides is 3. The Labute approximate surface area is 140 Å². The third-order valence-electron chi connectivity index (χ3n) is 5.40. The van der Waals surface area contributed by atoms with Crippen LogP contribution in [0.2, 0.25) is 0 Å². The lowest BCUT2D eigenvalue weighted by Gasteiger charge is -2.40. The maximum atomic E-state index is 13.0. The summed E-state index contributed by atoms with van der Waals surface area (Å²) >= 11 is 0. The Balaban J connectivity index is 1.66. The number of carbonyl (C=O) groups is 1. The van der Waals surface area contributed by atoms with Gasteiger partial charge in [0.25, 0.3) is 5.91 Å². The molecule has 0 spiro atoms. The molecule has 0 radical (unpaired) electrons. The number of anilines is 1. The topological polar surface area (TPSA) is 33.5 Å². The molecule has 1 unspecified atom stereocenters. The Bertz CT molecular complexity index is 586. The summed E-state index contributed by atoms with van der Waals surface area (Å²) < 4.78 is 39.1. The van der Waals surface area contributed by atoms with Crippen molar-refractivity contribution < 1.29 is 22.9 Å². The third kappa shape index (κ3) is 3.91. The van der Waals surface area contributed by atoms with E-state index in [1.54, 1.807) is 0 Å². The van der Waals surface area contributed by atoms with Crippen molar-refractivity contribution in [2.24, 2.45) is 5.92 Å². The van der Waals surface area contributed by atoms with E-state index in [1.807, 2.05) is 0 Å². The predicted molar refractivity (Wildman–Crippen MR) is 85.8 cm³/mol. The first-order chi connectivity index (χ1) is 11.4. The molecule has 2 aliphatic rings. The summed E-state index contributed by atoms with van der Waals surface area (Å²) in [7, 11) is 0. The van der Waals surface area contributed by atoms with E-state index in [1.165, 1.54) is 48.8 Å². The molecule has 1 aliphatic carbocycles. The Kier molecular flexibility index (Phi) is 5.13. The van der Waals surface area contributed by atoms with E-state index in [9.17, 15) is 18.0 Å². The summed E-state index contributed by atoms with van der Waals surface area (Å²) in [5.41, 5.74) is -0.936. The van der Waals surface area contributed by atoms with Crippen molar-refractivity contribution in [2.45, 2.75) is 50.7 Å². The number of likely N-dealkylation sites (tertiary alicyclic amines) is 1. The van der Waals surface area contributed by atoms with E-state index in [-0.39, 0.29) is 18.1 Å². The summed E-state index contributed by atoms with van der Waals surface area (Å²) in [4.78, 5) is 13.6. The SMILES string of the molecule is O=C(C[NH+]1CCC[C@@H]2CCCC[C@@H]21)Nc1ccccc1C(F)(F)F. The molecule has 0 aromatic heterocycles. The average Bonchev–Trinajstić information content (AvgIpc) is 2.54. The van der Waals surface area contributed by atoms with E-state index in [4.69, 9.17) is 0 Å². The lowest BCUT2D eigenvalue weighted by molar-refractivity contribution is -0.928. The number of nitrogens with one attached hydrogen (secondary N) is 2. The quantitative estimate of drug-likeness (QED) is 0.871. The fourth-order valence-corrected chi connectivity index (χ4v) is 4.33. The summed E-state index contributed by atoms with van der Waals surface area (Å²) in [6.07, 6.45) is 2.69. The number of quaternary nitrogens is 1. The Morgan fingerprint density at radius 1 is 1.12 bits per heavy atom. The molecule has 0 bridgehead atoms. The van der Waals surface area contributed by atoms with Crippen molar-refractivity contribution in [3.05, 3.63) is 29.8 Å². The van der Waals surface area contributed by atoms with Crippen LogP contribution < -0.4 is 10.2 Å². The highest BCUT2D eigenvalue weighted by Crippen LogP contribution is 2.34. The fourth-order valence-electron chi connectivity index (χ4n) is 4.33. The van der Waals surface area contributed by atoms with E-state index in [0.29, 0.717) is 12.0 Å². The number of fused-ring (bicyclic) bond motifs is 1. The van der Waals surface area contributed by atoms with Gasteiger partial charge in [0.05, 0.1) is 23.8 Å². The van der Waals surface area contributed by atoms with Crippen molar-refractivity contribution in [1.82, 2.24) is 0 Å². The highest BCUT2D eigenvalue weighted by atomic mass is 19.4. The zero-order chi connectivity index (χ0) is 17.2. The summed E-state index contributed by atoms with van der Waals surface area (Å²) in [5.74, 6) is 0.352. The van der Waals surface area contributed by atoms with Gasteiger partial charge in [-0.25, -0.2) is 0 Å². The van der Waals surface area contributed by atoms with Crippen LogP contribution in [0.25, 0.3) is 0 Å². The molecule has 3 rings (SSSR count). The molecule has 24 heavy (non-hydrogen) atoms. The number of hydrogen-bond donors (Lipinski definition) is 2. The molecule has 1 saturated heterocycles. The molecule has 2 N–H and O–H groups in total. The van der Waals surface area contributed by atoms with E-state index >= 15 is 0 Å². The Morgan fingerprint density at radius 2 is 1.83 bits per heavy atom. The number of halogens is 3. The van der Waals surface area contributed by atoms with Crippen molar-refractivity contribution in [2.75, 3.05) is 18.4 Å². The molecular weight excluding hydrogens is 317 g/mol. The maximum absolute atomic E-state index is 13.0. The lowest BCUT2D eigenvalue weighted by Crippen LogP contribution is -3.18. The standard InChI is InChI=1S/C18H23F3N2O/c19-18(20,21)14-8-2-3-9-15(14)22-17(24)12-23-11-5-7-13-6-1-4-10-16(13)23/h2-3,8-9,13,16H,1,4-7,10-12H2,(H,22,24)/p+1/t13-,16-/m0/s1. The molecule has 1 aromatic carbocycles. The molecule has 132 valence electrons. The van der Waals surface area contributed by atoms with Gasteiger partial charge < -0.3 is 10.2 Å². The van der Waals surface area contributed by atoms with Crippen LogP contribution in [0, 0.1) is 5.92 Å². The van der Waals surface area contributed by atoms with Crippen LogP contribution >= 0.6 is 0 Å². The van der Waals surface area contributed by atoms with Gasteiger partial charge in [-0.3, -0.25) is 4.79 Å². The van der Waals surface area contributed by atoms with Gasteiger partial charge in [0.1, 0.15) is 0 Å². The number of carbonyl (C=O) groups excluding carboxylic acids is 1. The molecular formula is C18H24F3N2O+. The van der Waals surface area contributed by atoms with Gasteiger partial charge >= 0.3 is 6.18 Å². The first-order valence-corrected chi connectivity index (χ1v) is 8.76. The van der Waals surface area contributed by atoms with Gasteiger partial charge in [0.2, 0.25) is 0 Å². The van der Waals surface area contributed by atoms with E-state index in [2.05, 4.69) is 5.32 Å². The number of rotatable bonds is 3. The first-order valence-electron chi connectivity index (χ1n) is 8.76. The first kappa shape index (κ1) is 17.3. The van der Waals surface area contributed by atoms with Crippen LogP contribution in [0.15, 0.2) is 24.3 Å². The van der Waals surface area contributed by atoms with Gasteiger partial charge in [0.15, 0.2) is 6.54 Å². The molecule has 2 fully saturated rings. The molecule has 1 aliphatic heterocycles. The summed E-state index contributed by atoms with van der Waals surface area (Å²) in [5, 5.41) is 2.48. The number of hydrogen-bond acceptors (Lipinski definition) is 1. The monoisotopic (exact) mass is 341 g/mol. The number of benzene rings is 1. The van der Waals surface area contributed by atoms with Gasteiger partial charge in [-0.15, -0.1) is 0 Å². The highest BCUT2D eigenvalue weighted by Gasteiger charge is 2.38. The Morgan fingerprint density at radius 3 is 2.62 bits per heavy atom. The number of piperidine rings is 1. The van der Waals surface area contributed by atoms with Crippen LogP contribution in [-0.2, 0) is 11.0 Å². The Hall–Kier alpha value is -1.56. The molecule has 1 saturated carbocycles. The highest BCUT2D eigenvalue weighted by molar-refractivity contribution is 5.92. The zero-order valence-corrected chi connectivity index (χ0v) is 13.7. The normalized spacial score (nSPS) is 27.4. The minimum absolute atomic E-state index is 0.147. The van der Waals surface area contributed by atoms with Crippen molar-refractivity contribution in [1.29, 1.82) is 0 Å². The predicted octanol–water partition coefficient (Wildman–Crippen LogP) is 2.88. The van der Waals surface area contributed by atoms with Gasteiger partial charge in [-0.1, -0.05) is 18.6 Å². The molecule has 3 atom stereocenters. The van der Waals surface area contributed by atoms with E-state index in [0.717, 1.165) is 25.5 Å². The van der Waals surface area contributed by atoms with Gasteiger partial charge in [-0.05, 0) is 44.2 Å². The van der Waals surface area contributed by atoms with Crippen LogP contribution in [0.5, 0.6) is 0 Å². The zero-order valence-electron chi connectivity index (χ0n) is 13.7. The molecule has 1 amide bonds. The van der Waals surface area contributed by atoms with Crippen molar-refractivity contribution in [3.8, 4) is 0 Å². The minimum Gasteiger partial charge on any atom is -0.324 e. The molecule has 6 heteroatoms. The smallest absolute Gasteiger partial charge is 0.324 e. The second-order valence-electron chi connectivity index (χ2n) is 6.97. The van der Waals surface area contributed by atoms with E-state index < -0.39 is 11.7 Å². The number of para-hydroxylation sites is 1. The van der Waals surface area contributed by atoms with Gasteiger partial charge in [0, 0.05) is 5.92 Å². The second-order valence-corrected chi connectivity index (χ2v) is 6.97. The minimum atomic E-state index is -4.46. The van der Waals surface area contributed by atoms with Gasteiger partial charge in [-0.2, -0.15) is 13.2 Å². The maximum Gasteiger partial charge on any atom is 0.418 e. The van der Waals surface area contributed by atoms with Crippen molar-refractivity contribution in [3.63, 3.8) is 0 Å². The lowest BCUT2D eigenvalue weighted by atomic mass is 9.78. The van der Waals surface area contributed by atoms with Crippen LogP contribution in [0.1, 0.15) is 44.1 Å². The third-order valence-corrected chi connectivity index (χ3v) is 5.40. The average molecular weight is 341 g/mol.